The van der Waals surface area contributed by atoms with E-state index in [4.69, 9.17) is 0 Å². The highest BCUT2D eigenvalue weighted by molar-refractivity contribution is 7.90. The SMILES string of the molecule is CC1=C(CC(=O)O)C(=Cc2ccc(S(C)(=O)=O)cc2)c2ccccc21. The van der Waals surface area contributed by atoms with Crippen molar-refractivity contribution in [2.24, 2.45) is 0 Å². The van der Waals surface area contributed by atoms with Crippen molar-refractivity contribution in [1.29, 1.82) is 0 Å². The van der Waals surface area contributed by atoms with Crippen molar-refractivity contribution in [3.8, 4) is 0 Å². The van der Waals surface area contributed by atoms with Gasteiger partial charge in [-0.3, -0.25) is 4.79 Å². The van der Waals surface area contributed by atoms with E-state index in [0.29, 0.717) is 0 Å². The average molecular weight is 354 g/mol. The number of hydrogen-bond donors (Lipinski definition) is 1. The van der Waals surface area contributed by atoms with Crippen LogP contribution in [-0.4, -0.2) is 25.7 Å². The van der Waals surface area contributed by atoms with E-state index in [2.05, 4.69) is 0 Å². The summed E-state index contributed by atoms with van der Waals surface area (Å²) in [7, 11) is -3.24. The molecule has 0 aliphatic heterocycles. The zero-order valence-electron chi connectivity index (χ0n) is 14.0. The Kier molecular flexibility index (Phi) is 4.35. The molecule has 2 aromatic carbocycles. The smallest absolute Gasteiger partial charge is 0.307 e. The van der Waals surface area contributed by atoms with E-state index in [9.17, 15) is 18.3 Å². The standard InChI is InChI=1S/C20H18O4S/c1-13-16-5-3-4-6-17(16)19(18(13)12-20(21)22)11-14-7-9-15(10-8-14)25(2,23)24/h3-11H,12H2,1-2H3,(H,21,22). The van der Waals surface area contributed by atoms with Crippen LogP contribution in [0.15, 0.2) is 59.0 Å². The summed E-state index contributed by atoms with van der Waals surface area (Å²) < 4.78 is 23.2. The van der Waals surface area contributed by atoms with E-state index in [0.717, 1.165) is 33.4 Å². The quantitative estimate of drug-likeness (QED) is 0.904. The summed E-state index contributed by atoms with van der Waals surface area (Å²) >= 11 is 0. The van der Waals surface area contributed by atoms with E-state index in [-0.39, 0.29) is 11.3 Å². The molecule has 4 nitrogen and oxygen atoms in total. The van der Waals surface area contributed by atoms with Gasteiger partial charge in [0.25, 0.3) is 0 Å². The van der Waals surface area contributed by atoms with Crippen LogP contribution in [0.2, 0.25) is 0 Å². The molecule has 0 amide bonds. The molecule has 1 aliphatic rings. The van der Waals surface area contributed by atoms with Crippen molar-refractivity contribution in [3.63, 3.8) is 0 Å². The second-order valence-corrected chi connectivity index (χ2v) is 8.13. The fourth-order valence-corrected chi connectivity index (χ4v) is 3.72. The molecule has 1 aliphatic carbocycles. The molecule has 0 atom stereocenters. The summed E-state index contributed by atoms with van der Waals surface area (Å²) in [6.45, 7) is 1.94. The van der Waals surface area contributed by atoms with Crippen molar-refractivity contribution in [3.05, 3.63) is 70.8 Å². The molecule has 0 saturated heterocycles. The third-order valence-electron chi connectivity index (χ3n) is 4.35. The Morgan fingerprint density at radius 3 is 2.20 bits per heavy atom. The van der Waals surface area contributed by atoms with Gasteiger partial charge in [-0.25, -0.2) is 8.42 Å². The lowest BCUT2D eigenvalue weighted by atomic mass is 9.98. The molecule has 0 unspecified atom stereocenters. The highest BCUT2D eigenvalue weighted by Gasteiger charge is 2.24. The maximum atomic E-state index is 11.6. The topological polar surface area (TPSA) is 71.4 Å². The van der Waals surface area contributed by atoms with Crippen LogP contribution >= 0.6 is 0 Å². The van der Waals surface area contributed by atoms with Gasteiger partial charge in [0.05, 0.1) is 11.3 Å². The lowest BCUT2D eigenvalue weighted by molar-refractivity contribution is -0.136. The van der Waals surface area contributed by atoms with Crippen LogP contribution in [0.4, 0.5) is 0 Å². The zero-order valence-corrected chi connectivity index (χ0v) is 14.8. The normalized spacial score (nSPS) is 15.5. The molecule has 3 rings (SSSR count). The van der Waals surface area contributed by atoms with Gasteiger partial charge >= 0.3 is 5.97 Å². The molecule has 128 valence electrons. The number of carboxylic acid groups (broad SMARTS) is 1. The minimum atomic E-state index is -3.24. The minimum absolute atomic E-state index is 0.0478. The Balaban J connectivity index is 2.10. The van der Waals surface area contributed by atoms with Crippen LogP contribution < -0.4 is 0 Å². The lowest BCUT2D eigenvalue weighted by Crippen LogP contribution is -1.98. The number of carbonyl (C=O) groups is 1. The number of rotatable bonds is 4. The highest BCUT2D eigenvalue weighted by atomic mass is 32.2. The van der Waals surface area contributed by atoms with Gasteiger partial charge in [0.15, 0.2) is 9.84 Å². The first kappa shape index (κ1) is 17.2. The molecular weight excluding hydrogens is 336 g/mol. The van der Waals surface area contributed by atoms with Gasteiger partial charge in [0.2, 0.25) is 0 Å². The van der Waals surface area contributed by atoms with Crippen LogP contribution in [-0.2, 0) is 14.6 Å². The van der Waals surface area contributed by atoms with Crippen LogP contribution in [0.25, 0.3) is 17.2 Å². The molecule has 0 heterocycles. The number of allylic oxidation sites excluding steroid dienone is 2. The number of benzene rings is 2. The summed E-state index contributed by atoms with van der Waals surface area (Å²) in [5, 5.41) is 9.25. The number of fused-ring (bicyclic) bond motifs is 1. The molecule has 0 spiro atoms. The van der Waals surface area contributed by atoms with Crippen molar-refractivity contribution < 1.29 is 18.3 Å². The van der Waals surface area contributed by atoms with Crippen LogP contribution in [0.5, 0.6) is 0 Å². The van der Waals surface area contributed by atoms with Crippen molar-refractivity contribution in [2.45, 2.75) is 18.2 Å². The summed E-state index contributed by atoms with van der Waals surface area (Å²) in [5.41, 5.74) is 5.51. The Labute approximate surface area is 147 Å². The van der Waals surface area contributed by atoms with Crippen molar-refractivity contribution >= 4 is 33.0 Å². The maximum Gasteiger partial charge on any atom is 0.307 e. The van der Waals surface area contributed by atoms with Crippen LogP contribution in [0, 0.1) is 0 Å². The van der Waals surface area contributed by atoms with Gasteiger partial charge in [-0.1, -0.05) is 36.4 Å². The summed E-state index contributed by atoms with van der Waals surface area (Å²) in [4.78, 5) is 11.5. The number of aliphatic carboxylic acids is 1. The van der Waals surface area contributed by atoms with E-state index in [1.807, 2.05) is 37.3 Å². The Bertz CT molecular complexity index is 1010. The van der Waals surface area contributed by atoms with E-state index >= 15 is 0 Å². The van der Waals surface area contributed by atoms with Crippen LogP contribution in [0.3, 0.4) is 0 Å². The molecule has 0 radical (unpaired) electrons. The Morgan fingerprint density at radius 1 is 1.04 bits per heavy atom. The average Bonchev–Trinajstić information content (AvgIpc) is 2.80. The molecule has 0 fully saturated rings. The number of carboxylic acids is 1. The molecule has 0 aromatic heterocycles. The molecule has 1 N–H and O–H groups in total. The van der Waals surface area contributed by atoms with Crippen molar-refractivity contribution in [1.82, 2.24) is 0 Å². The number of hydrogen-bond acceptors (Lipinski definition) is 3. The minimum Gasteiger partial charge on any atom is -0.481 e. The third-order valence-corrected chi connectivity index (χ3v) is 5.47. The van der Waals surface area contributed by atoms with E-state index in [1.54, 1.807) is 24.3 Å². The molecule has 5 heteroatoms. The first-order chi connectivity index (χ1) is 11.8. The largest absolute Gasteiger partial charge is 0.481 e. The zero-order chi connectivity index (χ0) is 18.2. The van der Waals surface area contributed by atoms with Gasteiger partial charge in [0, 0.05) is 6.26 Å². The first-order valence-corrected chi connectivity index (χ1v) is 9.70. The summed E-state index contributed by atoms with van der Waals surface area (Å²) in [6, 6.07) is 14.4. The predicted octanol–water partition coefficient (Wildman–Crippen LogP) is 3.89. The summed E-state index contributed by atoms with van der Waals surface area (Å²) in [5.74, 6) is -0.875. The lowest BCUT2D eigenvalue weighted by Gasteiger charge is -2.07. The fourth-order valence-electron chi connectivity index (χ4n) is 3.09. The third kappa shape index (κ3) is 3.42. The predicted molar refractivity (Wildman–Crippen MR) is 98.7 cm³/mol. The molecular formula is C20H18O4S. The Morgan fingerprint density at radius 2 is 1.64 bits per heavy atom. The van der Waals surface area contributed by atoms with Gasteiger partial charge in [0.1, 0.15) is 0 Å². The van der Waals surface area contributed by atoms with Gasteiger partial charge < -0.3 is 5.11 Å². The number of sulfone groups is 1. The molecule has 0 bridgehead atoms. The van der Waals surface area contributed by atoms with Crippen molar-refractivity contribution in [2.75, 3.05) is 6.26 Å². The van der Waals surface area contributed by atoms with Gasteiger partial charge in [-0.05, 0) is 58.5 Å². The van der Waals surface area contributed by atoms with Crippen LogP contribution in [0.1, 0.15) is 30.0 Å². The van der Waals surface area contributed by atoms with E-state index < -0.39 is 15.8 Å². The fraction of sp³-hybridized carbons (Fsp3) is 0.150. The summed E-state index contributed by atoms with van der Waals surface area (Å²) in [6.07, 6.45) is 3.04. The second-order valence-electron chi connectivity index (χ2n) is 6.12. The maximum absolute atomic E-state index is 11.6. The molecule has 25 heavy (non-hydrogen) atoms. The highest BCUT2D eigenvalue weighted by Crippen LogP contribution is 2.43. The Hall–Kier alpha value is -2.66. The first-order valence-electron chi connectivity index (χ1n) is 7.81. The van der Waals surface area contributed by atoms with Gasteiger partial charge in [-0.2, -0.15) is 0 Å². The molecule has 0 saturated carbocycles. The van der Waals surface area contributed by atoms with E-state index in [1.165, 1.54) is 6.26 Å². The monoisotopic (exact) mass is 354 g/mol. The van der Waals surface area contributed by atoms with Gasteiger partial charge in [-0.15, -0.1) is 0 Å². The molecule has 2 aromatic rings. The second kappa shape index (κ2) is 6.33.